The number of rotatable bonds is 7. The molecule has 0 amide bonds. The molecule has 0 spiro atoms. The molecule has 0 unspecified atom stereocenters. The van der Waals surface area contributed by atoms with Gasteiger partial charge in [-0.2, -0.15) is 0 Å². The molecule has 11 aromatic rings. The van der Waals surface area contributed by atoms with Crippen molar-refractivity contribution in [1.82, 2.24) is 14.5 Å². The first-order valence-corrected chi connectivity index (χ1v) is 21.0. The second kappa shape index (κ2) is 17.5. The molecule has 0 bridgehead atoms. The van der Waals surface area contributed by atoms with Crippen LogP contribution in [-0.2, 0) is 20.1 Å². The minimum atomic E-state index is -2.09. The Balaban J connectivity index is 0.000000273. The molecule has 0 saturated carbocycles. The average molecular weight is 999 g/mol. The summed E-state index contributed by atoms with van der Waals surface area (Å²) in [6.07, 6.45) is 1.39. The Labute approximate surface area is 385 Å². The van der Waals surface area contributed by atoms with Crippen LogP contribution in [0.2, 0.25) is 0 Å². The number of nitrogens with zero attached hydrogens (tertiary/aromatic N) is 3. The molecule has 1 radical (unpaired) electrons. The van der Waals surface area contributed by atoms with Crippen LogP contribution in [0.4, 0.5) is 0 Å². The van der Waals surface area contributed by atoms with E-state index in [1.54, 1.807) is 18.2 Å². The van der Waals surface area contributed by atoms with Crippen molar-refractivity contribution < 1.29 is 33.1 Å². The van der Waals surface area contributed by atoms with Crippen LogP contribution in [0.1, 0.15) is 60.3 Å². The van der Waals surface area contributed by atoms with Crippen LogP contribution in [0.25, 0.3) is 94.7 Å². The van der Waals surface area contributed by atoms with Crippen LogP contribution in [0.3, 0.4) is 0 Å². The van der Waals surface area contributed by atoms with Crippen LogP contribution < -0.4 is 0 Å². The summed E-state index contributed by atoms with van der Waals surface area (Å²) in [5.41, 5.74) is 14.2. The number of hydrogen-bond acceptors (Lipinski definition) is 4. The van der Waals surface area contributed by atoms with Crippen molar-refractivity contribution in [3.8, 4) is 50.8 Å². The summed E-state index contributed by atoms with van der Waals surface area (Å²) in [7, 11) is 0. The molecule has 0 saturated heterocycles. The molecular weight excluding hydrogens is 951 g/mol. The molecule has 0 aliphatic carbocycles. The van der Waals surface area contributed by atoms with E-state index < -0.39 is 6.85 Å². The predicted octanol–water partition coefficient (Wildman–Crippen LogP) is 15.6. The van der Waals surface area contributed by atoms with Gasteiger partial charge in [-0.3, -0.25) is 4.98 Å². The van der Waals surface area contributed by atoms with Gasteiger partial charge in [0, 0.05) is 58.5 Å². The van der Waals surface area contributed by atoms with Gasteiger partial charge in [-0.25, -0.2) is 0 Å². The average Bonchev–Trinajstić information content (AvgIpc) is 4.04. The van der Waals surface area contributed by atoms with Gasteiger partial charge < -0.3 is 18.4 Å². The number of hydrogen-bond donors (Lipinski definition) is 0. The predicted molar refractivity (Wildman–Crippen MR) is 255 cm³/mol. The van der Waals surface area contributed by atoms with Gasteiger partial charge in [-0.05, 0) is 88.6 Å². The molecule has 0 fully saturated rings. The fraction of sp³-hybridized carbons (Fsp3) is 0.123. The number of imidazole rings is 1. The van der Waals surface area contributed by atoms with Crippen molar-refractivity contribution in [2.75, 3.05) is 0 Å². The summed E-state index contributed by atoms with van der Waals surface area (Å²) < 4.78 is 37.1. The fourth-order valence-electron chi connectivity index (χ4n) is 8.33. The van der Waals surface area contributed by atoms with Gasteiger partial charge >= 0.3 is 0 Å². The fourth-order valence-corrected chi connectivity index (χ4v) is 8.33. The number of aryl methyl sites for hydroxylation is 1. The maximum Gasteiger partial charge on any atom is 0.138 e. The van der Waals surface area contributed by atoms with Gasteiger partial charge in [0.2, 0.25) is 0 Å². The van der Waals surface area contributed by atoms with Crippen LogP contribution in [-0.4, -0.2) is 14.5 Å². The molecule has 5 nitrogen and oxygen atoms in total. The van der Waals surface area contributed by atoms with E-state index in [2.05, 4.69) is 146 Å². The van der Waals surface area contributed by atoms with E-state index in [9.17, 15) is 0 Å². The second-order valence-electron chi connectivity index (χ2n) is 16.2. The van der Waals surface area contributed by atoms with Gasteiger partial charge in [-0.15, -0.1) is 54.1 Å². The van der Waals surface area contributed by atoms with E-state index in [0.29, 0.717) is 0 Å². The van der Waals surface area contributed by atoms with Crippen molar-refractivity contribution >= 4 is 43.9 Å². The molecular formula is C57H45IrN3O2-2. The second-order valence-corrected chi connectivity index (χ2v) is 16.2. The molecule has 11 rings (SSSR count). The maximum atomic E-state index is 7.23. The zero-order valence-corrected chi connectivity index (χ0v) is 37.7. The van der Waals surface area contributed by atoms with E-state index in [1.165, 1.54) is 34.1 Å². The van der Waals surface area contributed by atoms with Gasteiger partial charge in [0.05, 0.1) is 22.4 Å². The molecule has 7 aromatic carbocycles. The summed E-state index contributed by atoms with van der Waals surface area (Å²) in [5.74, 6) is 2.20. The first-order valence-electron chi connectivity index (χ1n) is 22.5. The normalized spacial score (nSPS) is 12.3. The molecule has 63 heavy (non-hydrogen) atoms. The SMILES string of the molecule is CC(C)c1cc(-c2ccccc2)cc(C(C)C)c1-n1c(-c2[c-]ccc3c2oc2cc4oc(-c5ccccc5)cc4cc23)nc2ccccc21.[2H]C([2H])([2H])c1ccc(-c2[c-]cccc2)nc1.[Ir]. The summed E-state index contributed by atoms with van der Waals surface area (Å²) >= 11 is 0. The molecule has 4 aromatic heterocycles. The number of aromatic nitrogens is 3. The molecule has 0 N–H and O–H groups in total. The van der Waals surface area contributed by atoms with Gasteiger partial charge in [-0.1, -0.05) is 124 Å². The summed E-state index contributed by atoms with van der Waals surface area (Å²) in [6, 6.07) is 61.7. The van der Waals surface area contributed by atoms with Gasteiger partial charge in [0.15, 0.2) is 0 Å². The van der Waals surface area contributed by atoms with Crippen molar-refractivity contribution in [2.24, 2.45) is 0 Å². The molecule has 4 heterocycles. The molecule has 0 atom stereocenters. The van der Waals surface area contributed by atoms with Crippen LogP contribution >= 0.6 is 0 Å². The van der Waals surface area contributed by atoms with Crippen molar-refractivity contribution in [3.05, 3.63) is 199 Å². The van der Waals surface area contributed by atoms with E-state index in [1.807, 2.05) is 48.5 Å². The quantitative estimate of drug-likeness (QED) is 0.149. The minimum absolute atomic E-state index is 0. The third-order valence-electron chi connectivity index (χ3n) is 11.4. The molecule has 6 heteroatoms. The third-order valence-corrected chi connectivity index (χ3v) is 11.4. The Hall–Kier alpha value is -6.85. The van der Waals surface area contributed by atoms with Crippen molar-refractivity contribution in [2.45, 2.75) is 46.4 Å². The third kappa shape index (κ3) is 7.93. The van der Waals surface area contributed by atoms with E-state index >= 15 is 0 Å². The Kier molecular flexibility index (Phi) is 10.5. The number of pyridine rings is 1. The summed E-state index contributed by atoms with van der Waals surface area (Å²) in [4.78, 5) is 9.43. The first kappa shape index (κ1) is 37.9. The van der Waals surface area contributed by atoms with Crippen molar-refractivity contribution in [1.29, 1.82) is 0 Å². The van der Waals surface area contributed by atoms with Gasteiger partial charge in [0.1, 0.15) is 16.9 Å². The van der Waals surface area contributed by atoms with Gasteiger partial charge in [0.25, 0.3) is 0 Å². The molecule has 0 aliphatic rings. The largest absolute Gasteiger partial charge is 0.500 e. The maximum absolute atomic E-state index is 7.23. The van der Waals surface area contributed by atoms with Crippen LogP contribution in [0.15, 0.2) is 179 Å². The monoisotopic (exact) mass is 999 g/mol. The summed E-state index contributed by atoms with van der Waals surface area (Å²) in [6.45, 7) is 7.03. The van der Waals surface area contributed by atoms with Crippen molar-refractivity contribution in [3.63, 3.8) is 0 Å². The van der Waals surface area contributed by atoms with E-state index in [4.69, 9.17) is 17.9 Å². The first-order chi connectivity index (χ1) is 31.5. The Morgan fingerprint density at radius 1 is 0.619 bits per heavy atom. The number of furan rings is 2. The standard InChI is InChI=1S/C45H35N2O2.C12H10N.Ir/c1-27(2)35-22-31(29-14-7-5-8-15-29)23-36(28(3)4)43(35)47-39-21-12-11-20-38(39)46-45(47)34-19-13-18-33-37-24-32-25-40(30-16-9-6-10-17-30)48-41(32)26-42(37)49-44(33)34;1-10-7-8-12(13-9-10)11-5-3-2-4-6-11;/h5-18,20-28H,1-4H3;2-5,7-9H,1H3;/q2*-1;/i;1D3;. The number of fused-ring (bicyclic) bond motifs is 5. The van der Waals surface area contributed by atoms with E-state index in [0.717, 1.165) is 77.9 Å². The van der Waals surface area contributed by atoms with Crippen LogP contribution in [0.5, 0.6) is 0 Å². The molecule has 311 valence electrons. The minimum Gasteiger partial charge on any atom is -0.500 e. The number of para-hydroxylation sites is 2. The zero-order chi connectivity index (χ0) is 44.8. The zero-order valence-electron chi connectivity index (χ0n) is 38.3. The topological polar surface area (TPSA) is 57.0 Å². The molecule has 0 aliphatic heterocycles. The Bertz CT molecular complexity index is 3440. The Morgan fingerprint density at radius 3 is 2.02 bits per heavy atom. The van der Waals surface area contributed by atoms with Crippen LogP contribution in [0, 0.1) is 19.0 Å². The number of benzene rings is 7. The van der Waals surface area contributed by atoms with E-state index in [-0.39, 0.29) is 37.5 Å². The smallest absolute Gasteiger partial charge is 0.138 e. The Morgan fingerprint density at radius 2 is 1.33 bits per heavy atom. The summed E-state index contributed by atoms with van der Waals surface area (Å²) in [5, 5.41) is 3.11.